The van der Waals surface area contributed by atoms with Crippen LogP contribution in [0.5, 0.6) is 11.5 Å². The Kier molecular flexibility index (Phi) is 12.5. The van der Waals surface area contributed by atoms with Crippen molar-refractivity contribution in [3.05, 3.63) is 60.2 Å². The molecular weight excluding hydrogens is 450 g/mol. The van der Waals surface area contributed by atoms with Crippen molar-refractivity contribution in [3.8, 4) is 11.5 Å². The van der Waals surface area contributed by atoms with Gasteiger partial charge in [0.1, 0.15) is 18.1 Å². The van der Waals surface area contributed by atoms with Crippen molar-refractivity contribution < 1.29 is 33.6 Å². The highest BCUT2D eigenvalue weighted by Crippen LogP contribution is 2.15. The molecule has 0 aliphatic carbocycles. The number of para-hydroxylation sites is 1. The van der Waals surface area contributed by atoms with E-state index in [0.29, 0.717) is 51.7 Å². The molecule has 2 rings (SSSR count). The van der Waals surface area contributed by atoms with Gasteiger partial charge in [-0.2, -0.15) is 0 Å². The van der Waals surface area contributed by atoms with Gasteiger partial charge in [0.05, 0.1) is 19.8 Å². The Morgan fingerprint density at radius 1 is 0.914 bits per heavy atom. The first kappa shape index (κ1) is 28.0. The minimum Gasteiger partial charge on any atom is -0.494 e. The molecule has 0 saturated heterocycles. The number of carboxylic acids is 1. The zero-order valence-electron chi connectivity index (χ0n) is 20.9. The fourth-order valence-electron chi connectivity index (χ4n) is 3.21. The molecule has 1 N–H and O–H groups in total. The average Bonchev–Trinajstić information content (AvgIpc) is 2.85. The molecule has 8 heteroatoms. The molecule has 1 unspecified atom stereocenters. The monoisotopic (exact) mass is 487 g/mol. The fourth-order valence-corrected chi connectivity index (χ4v) is 3.21. The van der Waals surface area contributed by atoms with Crippen LogP contribution in [-0.4, -0.2) is 67.7 Å². The quantitative estimate of drug-likeness (QED) is 0.344. The molecule has 0 bridgehead atoms. The van der Waals surface area contributed by atoms with Crippen LogP contribution in [-0.2, 0) is 20.7 Å². The summed E-state index contributed by atoms with van der Waals surface area (Å²) in [4.78, 5) is 25.5. The molecule has 2 aromatic carbocycles. The third-order valence-corrected chi connectivity index (χ3v) is 5.00. The van der Waals surface area contributed by atoms with Gasteiger partial charge in [0, 0.05) is 19.6 Å². The van der Waals surface area contributed by atoms with Crippen molar-refractivity contribution >= 4 is 12.1 Å². The Morgan fingerprint density at radius 3 is 2.20 bits per heavy atom. The van der Waals surface area contributed by atoms with E-state index in [9.17, 15) is 14.7 Å². The zero-order chi connectivity index (χ0) is 25.5. The van der Waals surface area contributed by atoms with Crippen LogP contribution in [0.3, 0.4) is 0 Å². The lowest BCUT2D eigenvalue weighted by Gasteiger charge is -2.23. The van der Waals surface area contributed by atoms with Gasteiger partial charge in [0.25, 0.3) is 0 Å². The number of carboxylic acid groups (broad SMARTS) is 1. The normalized spacial score (nSPS) is 11.7. The minimum absolute atomic E-state index is 0.250. The molecular formula is C27H37NO7. The van der Waals surface area contributed by atoms with Crippen molar-refractivity contribution in [2.24, 2.45) is 5.92 Å². The molecule has 1 amide bonds. The Bertz CT molecular complexity index is 871. The Balaban J connectivity index is 1.83. The largest absolute Gasteiger partial charge is 0.494 e. The van der Waals surface area contributed by atoms with Crippen molar-refractivity contribution in [2.75, 3.05) is 39.5 Å². The van der Waals surface area contributed by atoms with Crippen LogP contribution in [0.15, 0.2) is 54.6 Å². The van der Waals surface area contributed by atoms with E-state index in [4.69, 9.17) is 18.9 Å². The van der Waals surface area contributed by atoms with Crippen LogP contribution in [0.2, 0.25) is 0 Å². The molecule has 35 heavy (non-hydrogen) atoms. The summed E-state index contributed by atoms with van der Waals surface area (Å²) in [5, 5.41) is 9.24. The first-order chi connectivity index (χ1) is 16.9. The maximum atomic E-state index is 12.6. The highest BCUT2D eigenvalue weighted by Gasteiger charge is 2.18. The van der Waals surface area contributed by atoms with E-state index in [0.717, 1.165) is 11.3 Å². The van der Waals surface area contributed by atoms with Gasteiger partial charge < -0.3 is 29.0 Å². The van der Waals surface area contributed by atoms with Gasteiger partial charge in [-0.05, 0) is 49.1 Å². The van der Waals surface area contributed by atoms with Crippen molar-refractivity contribution in [1.29, 1.82) is 0 Å². The van der Waals surface area contributed by atoms with Gasteiger partial charge in [0.15, 0.2) is 6.10 Å². The number of carbonyl (C=O) groups excluding carboxylic acids is 1. The Labute approximate surface area is 207 Å². The lowest BCUT2D eigenvalue weighted by molar-refractivity contribution is -0.149. The number of nitrogens with zero attached hydrogens (tertiary/aromatic N) is 1. The fraction of sp³-hybridized carbons (Fsp3) is 0.481. The maximum Gasteiger partial charge on any atom is 0.409 e. The molecule has 0 heterocycles. The first-order valence-electron chi connectivity index (χ1n) is 12.0. The number of amides is 1. The molecule has 192 valence electrons. The maximum absolute atomic E-state index is 12.6. The van der Waals surface area contributed by atoms with E-state index in [1.54, 1.807) is 24.0 Å². The summed E-state index contributed by atoms with van der Waals surface area (Å²) in [5.41, 5.74) is 0.843. The average molecular weight is 488 g/mol. The standard InChI is InChI=1S/C27H37NO7/c1-4-32-25(26(29)30)19-22-11-13-24(14-12-22)34-18-16-28(27(31)35-20-21(2)3)15-8-17-33-23-9-6-5-7-10-23/h5-7,9-14,21,25H,4,8,15-20H2,1-3H3,(H,29,30). The molecule has 2 aromatic rings. The van der Waals surface area contributed by atoms with Gasteiger partial charge in [0.2, 0.25) is 0 Å². The number of benzene rings is 2. The number of hydrogen-bond acceptors (Lipinski definition) is 6. The van der Waals surface area contributed by atoms with Crippen LogP contribution >= 0.6 is 0 Å². The van der Waals surface area contributed by atoms with Gasteiger partial charge in [-0.3, -0.25) is 0 Å². The second-order valence-electron chi connectivity index (χ2n) is 8.45. The summed E-state index contributed by atoms with van der Waals surface area (Å²) >= 11 is 0. The summed E-state index contributed by atoms with van der Waals surface area (Å²) in [6.45, 7) is 8.09. The van der Waals surface area contributed by atoms with Crippen LogP contribution in [0.1, 0.15) is 32.8 Å². The topological polar surface area (TPSA) is 94.5 Å². The van der Waals surface area contributed by atoms with E-state index in [1.165, 1.54) is 0 Å². The predicted molar refractivity (Wildman–Crippen MR) is 133 cm³/mol. The molecule has 1 atom stereocenters. The van der Waals surface area contributed by atoms with Gasteiger partial charge in [-0.1, -0.05) is 44.2 Å². The molecule has 0 radical (unpaired) electrons. The summed E-state index contributed by atoms with van der Waals surface area (Å²) < 4.78 is 22.2. The number of rotatable bonds is 16. The highest BCUT2D eigenvalue weighted by molar-refractivity contribution is 5.72. The van der Waals surface area contributed by atoms with Crippen LogP contribution in [0, 0.1) is 5.92 Å². The number of hydrogen-bond donors (Lipinski definition) is 1. The first-order valence-corrected chi connectivity index (χ1v) is 12.0. The summed E-state index contributed by atoms with van der Waals surface area (Å²) in [6, 6.07) is 16.8. The van der Waals surface area contributed by atoms with Crippen molar-refractivity contribution in [1.82, 2.24) is 4.90 Å². The van der Waals surface area contributed by atoms with E-state index >= 15 is 0 Å². The van der Waals surface area contributed by atoms with E-state index in [-0.39, 0.29) is 18.4 Å². The van der Waals surface area contributed by atoms with Gasteiger partial charge in [-0.15, -0.1) is 0 Å². The van der Waals surface area contributed by atoms with Crippen molar-refractivity contribution in [3.63, 3.8) is 0 Å². The third kappa shape index (κ3) is 11.1. The molecule has 0 fully saturated rings. The van der Waals surface area contributed by atoms with Crippen molar-refractivity contribution in [2.45, 2.75) is 39.7 Å². The zero-order valence-corrected chi connectivity index (χ0v) is 20.9. The smallest absolute Gasteiger partial charge is 0.409 e. The highest BCUT2D eigenvalue weighted by atomic mass is 16.6. The molecule has 0 saturated carbocycles. The van der Waals surface area contributed by atoms with E-state index in [1.807, 2.05) is 56.3 Å². The van der Waals surface area contributed by atoms with E-state index in [2.05, 4.69) is 0 Å². The van der Waals surface area contributed by atoms with Crippen LogP contribution in [0.4, 0.5) is 4.79 Å². The Morgan fingerprint density at radius 2 is 1.57 bits per heavy atom. The van der Waals surface area contributed by atoms with Gasteiger partial charge in [-0.25, -0.2) is 9.59 Å². The number of aliphatic carboxylic acids is 1. The number of ether oxygens (including phenoxy) is 4. The lowest BCUT2D eigenvalue weighted by Crippen LogP contribution is -2.37. The third-order valence-electron chi connectivity index (χ3n) is 5.00. The second-order valence-corrected chi connectivity index (χ2v) is 8.45. The molecule has 0 aromatic heterocycles. The second kappa shape index (κ2) is 15.6. The molecule has 8 nitrogen and oxygen atoms in total. The molecule has 0 aliphatic heterocycles. The Hall–Kier alpha value is -3.26. The molecule has 0 aliphatic rings. The minimum atomic E-state index is -0.981. The van der Waals surface area contributed by atoms with E-state index < -0.39 is 12.1 Å². The lowest BCUT2D eigenvalue weighted by atomic mass is 10.1. The number of carbonyl (C=O) groups is 2. The van der Waals surface area contributed by atoms with Crippen LogP contribution in [0.25, 0.3) is 0 Å². The summed E-state index contributed by atoms with van der Waals surface area (Å²) in [6.07, 6.45) is -0.300. The van der Waals surface area contributed by atoms with Crippen LogP contribution < -0.4 is 9.47 Å². The summed E-state index contributed by atoms with van der Waals surface area (Å²) in [7, 11) is 0. The van der Waals surface area contributed by atoms with Gasteiger partial charge >= 0.3 is 12.1 Å². The SMILES string of the molecule is CCOC(Cc1ccc(OCCN(CCCOc2ccccc2)C(=O)OCC(C)C)cc1)C(=O)O. The predicted octanol–water partition coefficient (Wildman–Crippen LogP) is 4.66. The molecule has 0 spiro atoms. The summed E-state index contributed by atoms with van der Waals surface area (Å²) in [5.74, 6) is 0.704.